The van der Waals surface area contributed by atoms with Crippen LogP contribution in [0.15, 0.2) is 36.7 Å². The normalized spacial score (nSPS) is 17.0. The Morgan fingerprint density at radius 3 is 2.87 bits per heavy atom. The van der Waals surface area contributed by atoms with Crippen LogP contribution in [0.4, 0.5) is 4.39 Å². The van der Waals surface area contributed by atoms with Gasteiger partial charge in [-0.1, -0.05) is 17.4 Å². The minimum absolute atomic E-state index is 0.110. The summed E-state index contributed by atoms with van der Waals surface area (Å²) in [5.41, 5.74) is 2.37. The highest BCUT2D eigenvalue weighted by atomic mass is 32.1. The number of aliphatic hydroxyl groups is 3. The Balaban J connectivity index is 1.47. The van der Waals surface area contributed by atoms with Gasteiger partial charge in [-0.15, -0.1) is 0 Å². The number of nitrogens with one attached hydrogen (secondary N) is 2. The molecule has 1 atom stereocenters. The van der Waals surface area contributed by atoms with Crippen LogP contribution in [0.2, 0.25) is 0 Å². The Bertz CT molecular complexity index is 1310. The van der Waals surface area contributed by atoms with Gasteiger partial charge in [0.15, 0.2) is 4.96 Å². The number of hydrogen-bond donors (Lipinski definition) is 5. The molecule has 11 heteroatoms. The molecule has 31 heavy (non-hydrogen) atoms. The summed E-state index contributed by atoms with van der Waals surface area (Å²) in [6.07, 6.45) is 1.88. The van der Waals surface area contributed by atoms with Crippen LogP contribution in [0.25, 0.3) is 26.4 Å². The highest BCUT2D eigenvalue weighted by Crippen LogP contribution is 2.32. The van der Waals surface area contributed by atoms with Gasteiger partial charge in [0.05, 0.1) is 22.1 Å². The SMILES string of the molecule is O=C(NC(O)(O)O)c1cc2sc3nc(-c4ccc(C5CCCN5)cc4F)cn3c2cn1. The van der Waals surface area contributed by atoms with Crippen molar-refractivity contribution in [3.05, 3.63) is 53.7 Å². The lowest BCUT2D eigenvalue weighted by Gasteiger charge is -2.14. The first-order valence-electron chi connectivity index (χ1n) is 9.59. The quantitative estimate of drug-likeness (QED) is 0.302. The van der Waals surface area contributed by atoms with Gasteiger partial charge in [-0.2, -0.15) is 0 Å². The van der Waals surface area contributed by atoms with Gasteiger partial charge in [-0.25, -0.2) is 14.4 Å². The number of carbonyl (C=O) groups is 1. The fourth-order valence-electron chi connectivity index (χ4n) is 3.79. The molecule has 1 aromatic carbocycles. The first-order valence-corrected chi connectivity index (χ1v) is 10.4. The summed E-state index contributed by atoms with van der Waals surface area (Å²) < 4.78 is 17.2. The number of amides is 1. The second kappa shape index (κ2) is 7.32. The number of halogens is 1. The number of aromatic nitrogens is 3. The summed E-state index contributed by atoms with van der Waals surface area (Å²) in [6, 6.07) is 6.84. The third-order valence-electron chi connectivity index (χ3n) is 5.23. The maximum atomic E-state index is 14.8. The number of imidazole rings is 1. The molecule has 1 fully saturated rings. The molecule has 1 unspecified atom stereocenters. The number of fused-ring (bicyclic) bond motifs is 3. The molecular weight excluding hydrogens is 425 g/mol. The van der Waals surface area contributed by atoms with Crippen molar-refractivity contribution in [3.8, 4) is 11.3 Å². The average molecular weight is 443 g/mol. The van der Waals surface area contributed by atoms with Gasteiger partial charge in [0, 0.05) is 17.8 Å². The molecule has 0 bridgehead atoms. The van der Waals surface area contributed by atoms with Crippen LogP contribution in [0.5, 0.6) is 0 Å². The molecule has 0 radical (unpaired) electrons. The maximum Gasteiger partial charge on any atom is 0.369 e. The lowest BCUT2D eigenvalue weighted by atomic mass is 10.0. The van der Waals surface area contributed by atoms with Gasteiger partial charge < -0.3 is 20.6 Å². The molecule has 3 aromatic heterocycles. The van der Waals surface area contributed by atoms with Gasteiger partial charge in [0.25, 0.3) is 5.91 Å². The van der Waals surface area contributed by atoms with E-state index in [0.29, 0.717) is 26.4 Å². The maximum absolute atomic E-state index is 14.8. The molecule has 5 rings (SSSR count). The smallest absolute Gasteiger partial charge is 0.325 e. The van der Waals surface area contributed by atoms with Gasteiger partial charge in [0.1, 0.15) is 11.5 Å². The van der Waals surface area contributed by atoms with E-state index < -0.39 is 12.0 Å². The predicted octanol–water partition coefficient (Wildman–Crippen LogP) is 1.49. The van der Waals surface area contributed by atoms with E-state index >= 15 is 0 Å². The van der Waals surface area contributed by atoms with Crippen molar-refractivity contribution in [2.45, 2.75) is 25.0 Å². The fraction of sp³-hybridized carbons (Fsp3) is 0.250. The van der Waals surface area contributed by atoms with Crippen LogP contribution in [0.1, 0.15) is 34.9 Å². The Morgan fingerprint density at radius 1 is 1.32 bits per heavy atom. The summed E-state index contributed by atoms with van der Waals surface area (Å²) in [5, 5.41) is 31.6. The van der Waals surface area contributed by atoms with Crippen LogP contribution >= 0.6 is 11.3 Å². The van der Waals surface area contributed by atoms with Crippen LogP contribution in [-0.4, -0.2) is 48.2 Å². The molecule has 1 amide bonds. The van der Waals surface area contributed by atoms with Crippen LogP contribution in [0, 0.1) is 5.82 Å². The monoisotopic (exact) mass is 443 g/mol. The first-order chi connectivity index (χ1) is 14.8. The zero-order chi connectivity index (χ0) is 21.8. The highest BCUT2D eigenvalue weighted by molar-refractivity contribution is 7.23. The lowest BCUT2D eigenvalue weighted by Crippen LogP contribution is -2.48. The molecule has 1 saturated heterocycles. The Morgan fingerprint density at radius 2 is 2.16 bits per heavy atom. The largest absolute Gasteiger partial charge is 0.369 e. The molecule has 160 valence electrons. The summed E-state index contributed by atoms with van der Waals surface area (Å²) in [7, 11) is 0. The van der Waals surface area contributed by atoms with Gasteiger partial charge >= 0.3 is 6.10 Å². The zero-order valence-electron chi connectivity index (χ0n) is 16.0. The number of thiazole rings is 1. The van der Waals surface area contributed by atoms with Crippen LogP contribution in [0.3, 0.4) is 0 Å². The van der Waals surface area contributed by atoms with E-state index in [-0.39, 0.29) is 17.6 Å². The molecule has 1 aliphatic rings. The molecule has 1 aliphatic heterocycles. The summed E-state index contributed by atoms with van der Waals surface area (Å²) in [5.74, 6) is -1.29. The number of carbonyl (C=O) groups excluding carboxylic acids is 1. The molecule has 0 saturated carbocycles. The van der Waals surface area contributed by atoms with Crippen molar-refractivity contribution in [2.75, 3.05) is 6.54 Å². The van der Waals surface area contributed by atoms with Crippen LogP contribution in [-0.2, 0) is 0 Å². The van der Waals surface area contributed by atoms with Gasteiger partial charge in [0.2, 0.25) is 0 Å². The van der Waals surface area contributed by atoms with Crippen molar-refractivity contribution in [2.24, 2.45) is 0 Å². The van der Waals surface area contributed by atoms with Crippen molar-refractivity contribution in [3.63, 3.8) is 0 Å². The molecule has 4 aromatic rings. The summed E-state index contributed by atoms with van der Waals surface area (Å²) >= 11 is 1.27. The number of nitrogens with zero attached hydrogens (tertiary/aromatic N) is 3. The third kappa shape index (κ3) is 3.77. The van der Waals surface area contributed by atoms with Crippen molar-refractivity contribution in [1.82, 2.24) is 25.0 Å². The average Bonchev–Trinajstić information content (AvgIpc) is 3.42. The van der Waals surface area contributed by atoms with Crippen LogP contribution < -0.4 is 10.6 Å². The Hall–Kier alpha value is -2.96. The predicted molar refractivity (Wildman–Crippen MR) is 111 cm³/mol. The molecule has 5 N–H and O–H groups in total. The van der Waals surface area contributed by atoms with Crippen molar-refractivity contribution < 1.29 is 24.5 Å². The highest BCUT2D eigenvalue weighted by Gasteiger charge is 2.24. The van der Waals surface area contributed by atoms with E-state index in [2.05, 4.69) is 15.3 Å². The van der Waals surface area contributed by atoms with E-state index in [1.54, 1.807) is 28.0 Å². The van der Waals surface area contributed by atoms with Crippen molar-refractivity contribution >= 4 is 32.4 Å². The standard InChI is InChI=1S/C20H18FN5O4S/c21-12-6-10(13-2-1-5-22-13)3-4-11(12)15-9-26-16-8-23-14(18(27)25-20(28,29)30)7-17(16)31-19(26)24-15/h3-4,6-9,13,22,28-30H,1-2,5H2,(H,25,27). The van der Waals surface area contributed by atoms with E-state index in [0.717, 1.165) is 24.9 Å². The molecule has 9 nitrogen and oxygen atoms in total. The topological polar surface area (TPSA) is 132 Å². The lowest BCUT2D eigenvalue weighted by molar-refractivity contribution is -0.323. The number of benzene rings is 1. The molecule has 0 spiro atoms. The van der Waals surface area contributed by atoms with Crippen molar-refractivity contribution in [1.29, 1.82) is 0 Å². The molecule has 0 aliphatic carbocycles. The van der Waals surface area contributed by atoms with Gasteiger partial charge in [-0.05, 0) is 43.1 Å². The second-order valence-electron chi connectivity index (χ2n) is 7.40. The van der Waals surface area contributed by atoms with E-state index in [4.69, 9.17) is 15.3 Å². The summed E-state index contributed by atoms with van der Waals surface area (Å²) in [6.45, 7) is 0.941. The molecular formula is C20H18FN5O4S. The minimum atomic E-state index is -3.33. The minimum Gasteiger partial charge on any atom is -0.325 e. The first kappa shape index (κ1) is 20.0. The fourth-order valence-corrected chi connectivity index (χ4v) is 4.81. The van der Waals surface area contributed by atoms with E-state index in [1.807, 2.05) is 6.07 Å². The number of rotatable bonds is 4. The van der Waals surface area contributed by atoms with Gasteiger partial charge in [-0.3, -0.25) is 14.5 Å². The van der Waals surface area contributed by atoms with E-state index in [9.17, 15) is 9.18 Å². The zero-order valence-corrected chi connectivity index (χ0v) is 16.9. The second-order valence-corrected chi connectivity index (χ2v) is 8.40. The number of pyridine rings is 1. The molecule has 4 heterocycles. The van der Waals surface area contributed by atoms with E-state index in [1.165, 1.54) is 23.6 Å². The Labute approximate surface area is 178 Å². The Kier molecular flexibility index (Phi) is 4.72. The summed E-state index contributed by atoms with van der Waals surface area (Å²) in [4.78, 5) is 21.0. The third-order valence-corrected chi connectivity index (χ3v) is 6.24. The number of hydrogen-bond acceptors (Lipinski definition) is 8.